The predicted molar refractivity (Wildman–Crippen MR) is 64.3 cm³/mol. The largest absolute Gasteiger partial charge is 0.412 e. The first-order valence-electron chi connectivity index (χ1n) is 4.24. The smallest absolute Gasteiger partial charge is 0.216 e. The van der Waals surface area contributed by atoms with E-state index in [0.29, 0.717) is 10.2 Å². The van der Waals surface area contributed by atoms with Crippen LogP contribution in [0, 0.1) is 6.92 Å². The molecule has 0 radical (unpaired) electrons. The lowest BCUT2D eigenvalue weighted by atomic mass is 10.1. The Balaban J connectivity index is 0.00000128. The van der Waals surface area contributed by atoms with Crippen molar-refractivity contribution < 1.29 is 9.69 Å². The highest BCUT2D eigenvalue weighted by Gasteiger charge is 2.10. The lowest BCUT2D eigenvalue weighted by molar-refractivity contribution is 0.684. The Kier molecular flexibility index (Phi) is 4.25. The van der Waals surface area contributed by atoms with Crippen molar-refractivity contribution in [1.82, 2.24) is 9.36 Å². The highest BCUT2D eigenvalue weighted by molar-refractivity contribution is 7.84. The average Bonchev–Trinajstić information content (AvgIpc) is 2.67. The number of hydrogen-bond donors (Lipinski definition) is 1. The Hall–Kier alpha value is -1.15. The number of rotatable bonds is 2. The molecule has 2 rings (SSSR count). The van der Waals surface area contributed by atoms with Crippen molar-refractivity contribution in [3.8, 4) is 11.4 Å². The maximum atomic E-state index is 11.0. The fourth-order valence-electron chi connectivity index (χ4n) is 1.22. The van der Waals surface area contributed by atoms with Crippen LogP contribution in [0.5, 0.6) is 0 Å². The van der Waals surface area contributed by atoms with Crippen LogP contribution >= 0.6 is 11.5 Å². The molecule has 86 valence electrons. The van der Waals surface area contributed by atoms with Gasteiger partial charge in [-0.3, -0.25) is 0 Å². The Morgan fingerprint density at radius 3 is 2.62 bits per heavy atom. The molecule has 0 amide bonds. The van der Waals surface area contributed by atoms with Crippen LogP contribution in [0.15, 0.2) is 28.6 Å². The molecule has 1 aromatic heterocycles. The molecule has 7 heteroatoms. The van der Waals surface area contributed by atoms with E-state index in [-0.39, 0.29) is 5.48 Å². The van der Waals surface area contributed by atoms with E-state index in [1.165, 1.54) is 0 Å². The lowest BCUT2D eigenvalue weighted by Crippen LogP contribution is -2.01. The molecule has 16 heavy (non-hydrogen) atoms. The Morgan fingerprint density at radius 2 is 2.06 bits per heavy atom. The standard InChI is InChI=1S/C9H9N3OS2.H2O/c1-6-4-2-3-5-7(6)8-11-9(14-12-8)15(10)13;/h2-5H,10H2,1H3;1H2. The van der Waals surface area contributed by atoms with E-state index >= 15 is 0 Å². The normalized spacial score (nSPS) is 11.9. The molecule has 4 N–H and O–H groups in total. The minimum Gasteiger partial charge on any atom is -0.412 e. The minimum atomic E-state index is -1.54. The third-order valence-corrected chi connectivity index (χ3v) is 3.63. The summed E-state index contributed by atoms with van der Waals surface area (Å²) in [5.41, 5.74) is 2.04. The van der Waals surface area contributed by atoms with Gasteiger partial charge in [0.2, 0.25) is 4.34 Å². The van der Waals surface area contributed by atoms with Gasteiger partial charge >= 0.3 is 0 Å². The first-order valence-corrected chi connectivity index (χ1v) is 6.23. The lowest BCUT2D eigenvalue weighted by Gasteiger charge is -1.98. The molecule has 1 unspecified atom stereocenters. The molecule has 0 aliphatic heterocycles. The summed E-state index contributed by atoms with van der Waals surface area (Å²) < 4.78 is 15.5. The van der Waals surface area contributed by atoms with Crippen LogP contribution in [-0.4, -0.2) is 19.0 Å². The molecule has 0 saturated carbocycles. The zero-order valence-corrected chi connectivity index (χ0v) is 10.1. The van der Waals surface area contributed by atoms with E-state index in [1.54, 1.807) is 0 Å². The van der Waals surface area contributed by atoms with E-state index in [2.05, 4.69) is 9.36 Å². The molecule has 1 atom stereocenters. The summed E-state index contributed by atoms with van der Waals surface area (Å²) >= 11 is 1.07. The number of nitrogens with zero attached hydrogens (tertiary/aromatic N) is 2. The molecule has 0 bridgehead atoms. The van der Waals surface area contributed by atoms with Gasteiger partial charge < -0.3 is 5.48 Å². The number of aryl methyl sites for hydroxylation is 1. The van der Waals surface area contributed by atoms with Gasteiger partial charge in [0.1, 0.15) is 0 Å². The van der Waals surface area contributed by atoms with Gasteiger partial charge in [-0.25, -0.2) is 14.3 Å². The van der Waals surface area contributed by atoms with Gasteiger partial charge in [-0.05, 0) is 24.0 Å². The third-order valence-electron chi connectivity index (χ3n) is 1.97. The van der Waals surface area contributed by atoms with Crippen LogP contribution < -0.4 is 5.14 Å². The first-order chi connectivity index (χ1) is 7.18. The summed E-state index contributed by atoms with van der Waals surface area (Å²) in [7, 11) is -1.54. The fraction of sp³-hybridized carbons (Fsp3) is 0.111. The SMILES string of the molecule is Cc1ccccc1-c1nsc(S(N)=O)n1.O. The molecule has 5 nitrogen and oxygen atoms in total. The van der Waals surface area contributed by atoms with Crippen molar-refractivity contribution >= 4 is 22.5 Å². The van der Waals surface area contributed by atoms with Crippen molar-refractivity contribution in [3.05, 3.63) is 29.8 Å². The molecule has 0 spiro atoms. The summed E-state index contributed by atoms with van der Waals surface area (Å²) in [6, 6.07) is 7.78. The molecule has 0 saturated heterocycles. The van der Waals surface area contributed by atoms with Crippen molar-refractivity contribution in [1.29, 1.82) is 0 Å². The highest BCUT2D eigenvalue weighted by Crippen LogP contribution is 2.22. The van der Waals surface area contributed by atoms with Crippen LogP contribution in [0.2, 0.25) is 0 Å². The van der Waals surface area contributed by atoms with Crippen LogP contribution in [0.1, 0.15) is 5.56 Å². The van der Waals surface area contributed by atoms with Gasteiger partial charge in [-0.2, -0.15) is 4.37 Å². The van der Waals surface area contributed by atoms with Gasteiger partial charge in [-0.15, -0.1) is 0 Å². The average molecular weight is 257 g/mol. The molecule has 0 fully saturated rings. The highest BCUT2D eigenvalue weighted by atomic mass is 32.2. The van der Waals surface area contributed by atoms with Gasteiger partial charge in [0.25, 0.3) is 0 Å². The maximum absolute atomic E-state index is 11.0. The number of aromatic nitrogens is 2. The molecular weight excluding hydrogens is 246 g/mol. The summed E-state index contributed by atoms with van der Waals surface area (Å²) in [6.45, 7) is 1.98. The van der Waals surface area contributed by atoms with E-state index in [1.807, 2.05) is 31.2 Å². The fourth-order valence-corrected chi connectivity index (χ4v) is 2.24. The van der Waals surface area contributed by atoms with Crippen molar-refractivity contribution in [3.63, 3.8) is 0 Å². The van der Waals surface area contributed by atoms with Gasteiger partial charge in [0, 0.05) is 5.56 Å². The minimum absolute atomic E-state index is 0. The van der Waals surface area contributed by atoms with Crippen molar-refractivity contribution in [2.45, 2.75) is 11.3 Å². The quantitative estimate of drug-likeness (QED) is 0.855. The van der Waals surface area contributed by atoms with Gasteiger partial charge in [0.05, 0.1) is 0 Å². The summed E-state index contributed by atoms with van der Waals surface area (Å²) in [5, 5.41) is 5.22. The van der Waals surface area contributed by atoms with Gasteiger partial charge in [-0.1, -0.05) is 24.3 Å². The molecule has 1 heterocycles. The van der Waals surface area contributed by atoms with Crippen molar-refractivity contribution in [2.24, 2.45) is 5.14 Å². The topological polar surface area (TPSA) is 100 Å². The molecule has 0 aliphatic carbocycles. The molecule has 1 aromatic carbocycles. The Bertz CT molecular complexity index is 513. The Morgan fingerprint density at radius 1 is 1.38 bits per heavy atom. The first kappa shape index (κ1) is 12.9. The van der Waals surface area contributed by atoms with Crippen LogP contribution in [0.4, 0.5) is 0 Å². The maximum Gasteiger partial charge on any atom is 0.216 e. The predicted octanol–water partition coefficient (Wildman–Crippen LogP) is 0.670. The summed E-state index contributed by atoms with van der Waals surface area (Å²) in [5.74, 6) is 0.590. The van der Waals surface area contributed by atoms with E-state index in [0.717, 1.165) is 22.7 Å². The van der Waals surface area contributed by atoms with E-state index in [9.17, 15) is 4.21 Å². The summed E-state index contributed by atoms with van der Waals surface area (Å²) in [6.07, 6.45) is 0. The third kappa shape index (κ3) is 2.50. The summed E-state index contributed by atoms with van der Waals surface area (Å²) in [4.78, 5) is 4.12. The number of hydrogen-bond acceptors (Lipinski definition) is 4. The van der Waals surface area contributed by atoms with Crippen molar-refractivity contribution in [2.75, 3.05) is 0 Å². The number of benzene rings is 1. The second-order valence-corrected chi connectivity index (χ2v) is 4.99. The second kappa shape index (κ2) is 5.26. The molecule has 2 aromatic rings. The van der Waals surface area contributed by atoms with E-state index < -0.39 is 11.0 Å². The van der Waals surface area contributed by atoms with Crippen LogP contribution in [0.3, 0.4) is 0 Å². The second-order valence-electron chi connectivity index (χ2n) is 3.00. The Labute approximate surface area is 99.4 Å². The van der Waals surface area contributed by atoms with Gasteiger partial charge in [0.15, 0.2) is 16.8 Å². The number of nitrogens with two attached hydrogens (primary N) is 1. The van der Waals surface area contributed by atoms with Crippen LogP contribution in [0.25, 0.3) is 11.4 Å². The zero-order valence-electron chi connectivity index (χ0n) is 8.51. The monoisotopic (exact) mass is 257 g/mol. The van der Waals surface area contributed by atoms with E-state index in [4.69, 9.17) is 5.14 Å². The molecule has 0 aliphatic rings. The molecular formula is C9H11N3O2S2. The zero-order chi connectivity index (χ0) is 10.8. The van der Waals surface area contributed by atoms with Crippen LogP contribution in [-0.2, 0) is 11.0 Å².